The van der Waals surface area contributed by atoms with E-state index in [2.05, 4.69) is 32.0 Å². The van der Waals surface area contributed by atoms with E-state index in [9.17, 15) is 0 Å². The Morgan fingerprint density at radius 1 is 0.514 bits per heavy atom. The van der Waals surface area contributed by atoms with Crippen molar-refractivity contribution in [2.45, 2.75) is 26.7 Å². The lowest BCUT2D eigenvalue weighted by Gasteiger charge is -2.30. The lowest BCUT2D eigenvalue weighted by Crippen LogP contribution is -2.29. The third kappa shape index (κ3) is 5.13. The first-order valence-corrected chi connectivity index (χ1v) is 12.9. The maximum atomic E-state index is 5.94. The summed E-state index contributed by atoms with van der Waals surface area (Å²) in [6.07, 6.45) is 1.76. The van der Waals surface area contributed by atoms with Gasteiger partial charge in [-0.3, -0.25) is 0 Å². The van der Waals surface area contributed by atoms with E-state index < -0.39 is 7.92 Å². The predicted molar refractivity (Wildman–Crippen MR) is 143 cm³/mol. The van der Waals surface area contributed by atoms with Crippen LogP contribution in [-0.4, -0.2) is 42.7 Å². The average Bonchev–Trinajstić information content (AvgIpc) is 2.92. The minimum Gasteiger partial charge on any atom is -0.496 e. The Morgan fingerprint density at radius 2 is 0.857 bits per heavy atom. The Balaban J connectivity index is 2.56. The second-order valence-corrected chi connectivity index (χ2v) is 9.74. The molecule has 7 heteroatoms. The maximum Gasteiger partial charge on any atom is 0.134 e. The summed E-state index contributed by atoms with van der Waals surface area (Å²) in [4.78, 5) is 0. The lowest BCUT2D eigenvalue weighted by atomic mass is 10.1. The zero-order valence-corrected chi connectivity index (χ0v) is 22.7. The van der Waals surface area contributed by atoms with Crippen molar-refractivity contribution in [3.8, 4) is 34.5 Å². The van der Waals surface area contributed by atoms with Crippen molar-refractivity contribution in [1.29, 1.82) is 0 Å². The molecule has 0 saturated heterocycles. The molecule has 0 aromatic heterocycles. The Hall–Kier alpha value is -3.11. The topological polar surface area (TPSA) is 55.4 Å². The van der Waals surface area contributed by atoms with Crippen LogP contribution in [0.5, 0.6) is 34.5 Å². The van der Waals surface area contributed by atoms with Crippen molar-refractivity contribution in [2.75, 3.05) is 42.7 Å². The van der Waals surface area contributed by atoms with Crippen molar-refractivity contribution in [1.82, 2.24) is 0 Å². The quantitative estimate of drug-likeness (QED) is 0.360. The molecule has 0 atom stereocenters. The zero-order valence-electron chi connectivity index (χ0n) is 21.9. The van der Waals surface area contributed by atoms with Gasteiger partial charge in [0.1, 0.15) is 34.5 Å². The van der Waals surface area contributed by atoms with Crippen LogP contribution in [0.25, 0.3) is 0 Å². The number of ether oxygens (including phenoxy) is 6. The van der Waals surface area contributed by atoms with Gasteiger partial charge in [0.2, 0.25) is 0 Å². The first kappa shape index (κ1) is 26.5. The van der Waals surface area contributed by atoms with Crippen molar-refractivity contribution < 1.29 is 28.4 Å². The standard InChI is InChI=1S/C28H35O6P/c1-9-18-12-11-13-19(10-2)26(18)35(27-22(31-5)14-20(29-3)15-23(27)32-6)28-24(33-7)16-21(30-4)17-25(28)34-8/h11-17H,9-10H2,1-8H3. The fourth-order valence-electron chi connectivity index (χ4n) is 4.25. The number of rotatable bonds is 11. The molecule has 0 fully saturated rings. The van der Waals surface area contributed by atoms with Crippen molar-refractivity contribution in [3.63, 3.8) is 0 Å². The van der Waals surface area contributed by atoms with E-state index in [-0.39, 0.29) is 0 Å². The van der Waals surface area contributed by atoms with Gasteiger partial charge < -0.3 is 28.4 Å². The molecule has 0 radical (unpaired) electrons. The highest BCUT2D eigenvalue weighted by atomic mass is 31.1. The summed E-state index contributed by atoms with van der Waals surface area (Å²) in [5.41, 5.74) is 2.52. The molecule has 188 valence electrons. The molecule has 3 aromatic rings. The van der Waals surface area contributed by atoms with Crippen LogP contribution in [0.2, 0.25) is 0 Å². The molecule has 0 N–H and O–H groups in total. The maximum absolute atomic E-state index is 5.94. The highest BCUT2D eigenvalue weighted by Crippen LogP contribution is 2.49. The van der Waals surface area contributed by atoms with E-state index in [1.165, 1.54) is 16.4 Å². The number of hydrogen-bond donors (Lipinski definition) is 0. The van der Waals surface area contributed by atoms with Gasteiger partial charge in [0.25, 0.3) is 0 Å². The smallest absolute Gasteiger partial charge is 0.134 e. The van der Waals surface area contributed by atoms with Gasteiger partial charge in [-0.15, -0.1) is 0 Å². The summed E-state index contributed by atoms with van der Waals surface area (Å²) >= 11 is 0. The molecule has 0 bridgehead atoms. The van der Waals surface area contributed by atoms with Gasteiger partial charge >= 0.3 is 0 Å². The summed E-state index contributed by atoms with van der Waals surface area (Å²) in [5, 5.41) is 3.11. The minimum atomic E-state index is -1.25. The molecule has 0 amide bonds. The summed E-state index contributed by atoms with van der Waals surface area (Å²) in [6.45, 7) is 4.35. The average molecular weight is 499 g/mol. The first-order chi connectivity index (χ1) is 17.0. The molecule has 0 aliphatic heterocycles. The lowest BCUT2D eigenvalue weighted by molar-refractivity contribution is 0.379. The van der Waals surface area contributed by atoms with Crippen molar-refractivity contribution >= 4 is 23.8 Å². The first-order valence-electron chi connectivity index (χ1n) is 11.5. The minimum absolute atomic E-state index is 0.658. The fraction of sp³-hybridized carbons (Fsp3) is 0.357. The molecule has 0 aliphatic carbocycles. The molecule has 0 spiro atoms. The van der Waals surface area contributed by atoms with Crippen LogP contribution in [0.3, 0.4) is 0 Å². The molecule has 35 heavy (non-hydrogen) atoms. The van der Waals surface area contributed by atoms with E-state index in [1.54, 1.807) is 42.7 Å². The molecular weight excluding hydrogens is 463 g/mol. The largest absolute Gasteiger partial charge is 0.496 e. The van der Waals surface area contributed by atoms with Gasteiger partial charge in [0.15, 0.2) is 0 Å². The van der Waals surface area contributed by atoms with Crippen LogP contribution >= 0.6 is 7.92 Å². The third-order valence-corrected chi connectivity index (χ3v) is 8.81. The van der Waals surface area contributed by atoms with Gasteiger partial charge in [0.05, 0.1) is 53.3 Å². The van der Waals surface area contributed by atoms with Gasteiger partial charge in [-0.25, -0.2) is 0 Å². The molecule has 3 aromatic carbocycles. The fourth-order valence-corrected chi connectivity index (χ4v) is 7.47. The van der Waals surface area contributed by atoms with Crippen molar-refractivity contribution in [3.05, 3.63) is 53.6 Å². The number of benzene rings is 3. The summed E-state index contributed by atoms with van der Waals surface area (Å²) in [7, 11) is 8.68. The van der Waals surface area contributed by atoms with E-state index in [0.717, 1.165) is 23.5 Å². The van der Waals surface area contributed by atoms with Gasteiger partial charge in [-0.2, -0.15) is 0 Å². The molecule has 0 unspecified atom stereocenters. The van der Waals surface area contributed by atoms with Gasteiger partial charge in [0, 0.05) is 32.2 Å². The van der Waals surface area contributed by atoms with Gasteiger partial charge in [-0.05, 0) is 29.3 Å². The molecule has 0 heterocycles. The normalized spacial score (nSPS) is 10.8. The van der Waals surface area contributed by atoms with Crippen LogP contribution in [0.15, 0.2) is 42.5 Å². The van der Waals surface area contributed by atoms with Crippen LogP contribution < -0.4 is 44.3 Å². The highest BCUT2D eigenvalue weighted by Gasteiger charge is 2.33. The number of methoxy groups -OCH3 is 6. The Kier molecular flexibility index (Phi) is 9.11. The molecular formula is C28H35O6P. The summed E-state index contributed by atoms with van der Waals surface area (Å²) in [6, 6.07) is 14.1. The Morgan fingerprint density at radius 3 is 1.11 bits per heavy atom. The SMILES string of the molecule is CCc1cccc(CC)c1P(c1c(OC)cc(OC)cc1OC)c1c(OC)cc(OC)cc1OC. The number of aryl methyl sites for hydroxylation is 2. The van der Waals surface area contributed by atoms with E-state index in [1.807, 2.05) is 24.3 Å². The molecule has 0 aliphatic rings. The van der Waals surface area contributed by atoms with Crippen LogP contribution in [-0.2, 0) is 12.8 Å². The van der Waals surface area contributed by atoms with E-state index in [0.29, 0.717) is 34.5 Å². The Bertz CT molecular complexity index is 1020. The third-order valence-electron chi connectivity index (χ3n) is 6.01. The van der Waals surface area contributed by atoms with E-state index >= 15 is 0 Å². The van der Waals surface area contributed by atoms with Gasteiger partial charge in [-0.1, -0.05) is 32.0 Å². The zero-order chi connectivity index (χ0) is 25.5. The summed E-state index contributed by atoms with van der Waals surface area (Å²) < 4.78 is 34.8. The van der Waals surface area contributed by atoms with E-state index in [4.69, 9.17) is 28.4 Å². The predicted octanol–water partition coefficient (Wildman–Crippen LogP) is 4.62. The molecule has 3 rings (SSSR count). The van der Waals surface area contributed by atoms with Crippen LogP contribution in [0, 0.1) is 0 Å². The second-order valence-electron chi connectivity index (χ2n) is 7.73. The molecule has 0 saturated carbocycles. The Labute approximate surface area is 209 Å². The van der Waals surface area contributed by atoms with Crippen LogP contribution in [0.1, 0.15) is 25.0 Å². The summed E-state index contributed by atoms with van der Waals surface area (Å²) in [5.74, 6) is 4.04. The second kappa shape index (κ2) is 12.0. The van der Waals surface area contributed by atoms with Crippen LogP contribution in [0.4, 0.5) is 0 Å². The number of hydrogen-bond acceptors (Lipinski definition) is 6. The molecule has 6 nitrogen and oxygen atoms in total. The highest BCUT2D eigenvalue weighted by molar-refractivity contribution is 7.80. The monoisotopic (exact) mass is 498 g/mol. The van der Waals surface area contributed by atoms with Crippen molar-refractivity contribution in [2.24, 2.45) is 0 Å².